The molecule has 2 aromatic carbocycles. The molecule has 2 unspecified atom stereocenters. The summed E-state index contributed by atoms with van der Waals surface area (Å²) in [5.74, 6) is 1.14. The van der Waals surface area contributed by atoms with Gasteiger partial charge < -0.3 is 5.32 Å². The van der Waals surface area contributed by atoms with E-state index in [4.69, 9.17) is 0 Å². The highest BCUT2D eigenvalue weighted by Crippen LogP contribution is 2.41. The van der Waals surface area contributed by atoms with E-state index in [9.17, 15) is 0 Å². The van der Waals surface area contributed by atoms with Crippen LogP contribution < -0.4 is 5.32 Å². The molecule has 1 heterocycles. The highest BCUT2D eigenvalue weighted by atomic mass is 79.9. The topological polar surface area (TPSA) is 12.0 Å². The standard InChI is InChI=1S/C19H22BrN/c1-13-7-8-14(2)17(11-13)15-9-10-21-12-18(15)16-5-3-4-6-19(16)20/h3-8,11,15,18,21H,9-10,12H2,1-2H3. The summed E-state index contributed by atoms with van der Waals surface area (Å²) in [6, 6.07) is 15.5. The van der Waals surface area contributed by atoms with Gasteiger partial charge in [0, 0.05) is 16.9 Å². The molecule has 1 aliphatic heterocycles. The number of halogens is 1. The lowest BCUT2D eigenvalue weighted by atomic mass is 9.76. The molecule has 1 nitrogen and oxygen atoms in total. The summed E-state index contributed by atoms with van der Waals surface area (Å²) in [5, 5.41) is 3.57. The Hall–Kier alpha value is -1.12. The van der Waals surface area contributed by atoms with E-state index in [1.807, 2.05) is 0 Å². The molecule has 2 aromatic rings. The summed E-state index contributed by atoms with van der Waals surface area (Å²) in [5.41, 5.74) is 5.73. The first-order valence-corrected chi connectivity index (χ1v) is 8.48. The number of rotatable bonds is 2. The molecule has 0 saturated carbocycles. The largest absolute Gasteiger partial charge is 0.316 e. The molecule has 110 valence electrons. The Balaban J connectivity index is 2.02. The van der Waals surface area contributed by atoms with Gasteiger partial charge in [-0.2, -0.15) is 0 Å². The monoisotopic (exact) mass is 343 g/mol. The van der Waals surface area contributed by atoms with Crippen molar-refractivity contribution in [2.24, 2.45) is 0 Å². The SMILES string of the molecule is Cc1ccc(C)c(C2CCNCC2c2ccccc2Br)c1. The van der Waals surface area contributed by atoms with Crippen LogP contribution in [-0.4, -0.2) is 13.1 Å². The van der Waals surface area contributed by atoms with Crippen molar-refractivity contribution in [1.29, 1.82) is 0 Å². The molecule has 0 amide bonds. The smallest absolute Gasteiger partial charge is 0.0210 e. The lowest BCUT2D eigenvalue weighted by molar-refractivity contribution is 0.402. The molecule has 0 aromatic heterocycles. The molecular weight excluding hydrogens is 322 g/mol. The van der Waals surface area contributed by atoms with Crippen LogP contribution in [0.15, 0.2) is 46.9 Å². The number of piperidine rings is 1. The maximum absolute atomic E-state index is 3.74. The summed E-state index contributed by atoms with van der Waals surface area (Å²) in [6.45, 7) is 6.60. The first kappa shape index (κ1) is 14.8. The summed E-state index contributed by atoms with van der Waals surface area (Å²) in [6.07, 6.45) is 1.20. The molecule has 0 radical (unpaired) electrons. The molecule has 1 saturated heterocycles. The fraction of sp³-hybridized carbons (Fsp3) is 0.368. The number of aryl methyl sites for hydroxylation is 2. The molecule has 1 aliphatic rings. The van der Waals surface area contributed by atoms with Crippen LogP contribution in [0.2, 0.25) is 0 Å². The summed E-state index contributed by atoms with van der Waals surface area (Å²) in [7, 11) is 0. The second kappa shape index (κ2) is 6.33. The van der Waals surface area contributed by atoms with Crippen LogP contribution in [0.5, 0.6) is 0 Å². The van der Waals surface area contributed by atoms with Gasteiger partial charge in [0.25, 0.3) is 0 Å². The first-order valence-electron chi connectivity index (χ1n) is 7.69. The van der Waals surface area contributed by atoms with Gasteiger partial charge in [0.1, 0.15) is 0 Å². The third-order valence-electron chi connectivity index (χ3n) is 4.62. The molecular formula is C19H22BrN. The minimum absolute atomic E-state index is 0.537. The Bertz CT molecular complexity index is 635. The van der Waals surface area contributed by atoms with Crippen LogP contribution in [0.1, 0.15) is 40.5 Å². The van der Waals surface area contributed by atoms with Crippen molar-refractivity contribution in [3.63, 3.8) is 0 Å². The van der Waals surface area contributed by atoms with Gasteiger partial charge in [0.05, 0.1) is 0 Å². The first-order chi connectivity index (χ1) is 10.2. The lowest BCUT2D eigenvalue weighted by Crippen LogP contribution is -2.34. The van der Waals surface area contributed by atoms with Crippen molar-refractivity contribution in [2.45, 2.75) is 32.1 Å². The van der Waals surface area contributed by atoms with E-state index >= 15 is 0 Å². The molecule has 1 N–H and O–H groups in total. The Morgan fingerprint density at radius 2 is 1.81 bits per heavy atom. The Kier molecular flexibility index (Phi) is 4.46. The van der Waals surface area contributed by atoms with Gasteiger partial charge in [-0.05, 0) is 55.5 Å². The fourth-order valence-electron chi connectivity index (χ4n) is 3.49. The van der Waals surface area contributed by atoms with Gasteiger partial charge in [0.2, 0.25) is 0 Å². The predicted molar refractivity (Wildman–Crippen MR) is 93.0 cm³/mol. The van der Waals surface area contributed by atoms with Crippen LogP contribution in [-0.2, 0) is 0 Å². The van der Waals surface area contributed by atoms with Crippen molar-refractivity contribution >= 4 is 15.9 Å². The number of hydrogen-bond acceptors (Lipinski definition) is 1. The maximum Gasteiger partial charge on any atom is 0.0210 e. The number of hydrogen-bond donors (Lipinski definition) is 1. The third kappa shape index (κ3) is 3.07. The molecule has 1 fully saturated rings. The van der Waals surface area contributed by atoms with Crippen LogP contribution in [0.4, 0.5) is 0 Å². The zero-order chi connectivity index (χ0) is 14.8. The molecule has 0 spiro atoms. The summed E-state index contributed by atoms with van der Waals surface area (Å²) >= 11 is 3.74. The van der Waals surface area contributed by atoms with Crippen molar-refractivity contribution in [2.75, 3.05) is 13.1 Å². The van der Waals surface area contributed by atoms with Gasteiger partial charge in [-0.25, -0.2) is 0 Å². The van der Waals surface area contributed by atoms with Gasteiger partial charge in [-0.3, -0.25) is 0 Å². The summed E-state index contributed by atoms with van der Waals surface area (Å²) in [4.78, 5) is 0. The second-order valence-corrected chi connectivity index (χ2v) is 6.94. The minimum atomic E-state index is 0.537. The van der Waals surface area contributed by atoms with Crippen LogP contribution in [0, 0.1) is 13.8 Å². The normalized spacial score (nSPS) is 22.2. The lowest BCUT2D eigenvalue weighted by Gasteiger charge is -2.34. The van der Waals surface area contributed by atoms with Crippen molar-refractivity contribution < 1.29 is 0 Å². The molecule has 0 aliphatic carbocycles. The second-order valence-electron chi connectivity index (χ2n) is 6.09. The maximum atomic E-state index is 3.74. The van der Waals surface area contributed by atoms with Crippen molar-refractivity contribution in [1.82, 2.24) is 5.32 Å². The van der Waals surface area contributed by atoms with Gasteiger partial charge in [-0.15, -0.1) is 0 Å². The van der Waals surface area contributed by atoms with E-state index in [0.29, 0.717) is 11.8 Å². The van der Waals surface area contributed by atoms with E-state index in [2.05, 4.69) is 77.6 Å². The fourth-order valence-corrected chi connectivity index (χ4v) is 4.07. The van der Waals surface area contributed by atoms with E-state index in [0.717, 1.165) is 13.1 Å². The molecule has 0 bridgehead atoms. The van der Waals surface area contributed by atoms with Crippen LogP contribution in [0.3, 0.4) is 0 Å². The van der Waals surface area contributed by atoms with Gasteiger partial charge in [0.15, 0.2) is 0 Å². The van der Waals surface area contributed by atoms with Crippen LogP contribution >= 0.6 is 15.9 Å². The Morgan fingerprint density at radius 1 is 1.00 bits per heavy atom. The van der Waals surface area contributed by atoms with E-state index in [1.54, 1.807) is 0 Å². The molecule has 2 atom stereocenters. The van der Waals surface area contributed by atoms with Crippen molar-refractivity contribution in [3.05, 3.63) is 69.2 Å². The molecule has 21 heavy (non-hydrogen) atoms. The number of benzene rings is 2. The molecule has 3 rings (SSSR count). The van der Waals surface area contributed by atoms with Crippen molar-refractivity contribution in [3.8, 4) is 0 Å². The number of nitrogens with one attached hydrogen (secondary N) is 1. The Labute approximate surface area is 135 Å². The third-order valence-corrected chi connectivity index (χ3v) is 5.34. The van der Waals surface area contributed by atoms with E-state index < -0.39 is 0 Å². The zero-order valence-electron chi connectivity index (χ0n) is 12.7. The molecule has 2 heteroatoms. The highest BCUT2D eigenvalue weighted by molar-refractivity contribution is 9.10. The average Bonchev–Trinajstić information content (AvgIpc) is 2.50. The van der Waals surface area contributed by atoms with Crippen LogP contribution in [0.25, 0.3) is 0 Å². The van der Waals surface area contributed by atoms with Gasteiger partial charge in [-0.1, -0.05) is 57.9 Å². The zero-order valence-corrected chi connectivity index (χ0v) is 14.3. The highest BCUT2D eigenvalue weighted by Gasteiger charge is 2.29. The average molecular weight is 344 g/mol. The minimum Gasteiger partial charge on any atom is -0.316 e. The van der Waals surface area contributed by atoms with E-state index in [1.165, 1.54) is 33.1 Å². The predicted octanol–water partition coefficient (Wildman–Crippen LogP) is 4.93. The Morgan fingerprint density at radius 3 is 2.62 bits per heavy atom. The quantitative estimate of drug-likeness (QED) is 0.815. The van der Waals surface area contributed by atoms with Gasteiger partial charge >= 0.3 is 0 Å². The van der Waals surface area contributed by atoms with E-state index in [-0.39, 0.29) is 0 Å². The summed E-state index contributed by atoms with van der Waals surface area (Å²) < 4.78 is 1.23.